The monoisotopic (exact) mass is 408 g/mol. The lowest BCUT2D eigenvalue weighted by Crippen LogP contribution is -2.38. The first kappa shape index (κ1) is 19.8. The van der Waals surface area contributed by atoms with E-state index in [4.69, 9.17) is 14.2 Å². The molecule has 4 rings (SSSR count). The fourth-order valence-corrected chi connectivity index (χ4v) is 3.37. The third-order valence-electron chi connectivity index (χ3n) is 4.93. The van der Waals surface area contributed by atoms with E-state index in [9.17, 15) is 14.8 Å². The summed E-state index contributed by atoms with van der Waals surface area (Å²) in [6, 6.07) is 13.2. The lowest BCUT2D eigenvalue weighted by Gasteiger charge is -2.13. The molecule has 3 aromatic rings. The molecule has 0 unspecified atom stereocenters. The van der Waals surface area contributed by atoms with Crippen LogP contribution in [0.4, 0.5) is 0 Å². The molecule has 154 valence electrons. The highest BCUT2D eigenvalue weighted by Crippen LogP contribution is 2.21. The van der Waals surface area contributed by atoms with Crippen LogP contribution in [0.3, 0.4) is 0 Å². The molecule has 0 saturated carbocycles. The number of ketones is 1. The van der Waals surface area contributed by atoms with Gasteiger partial charge in [-0.2, -0.15) is 4.73 Å². The summed E-state index contributed by atoms with van der Waals surface area (Å²) in [5.41, 5.74) is 0.768. The molecule has 0 amide bonds. The molecule has 8 heteroatoms. The zero-order chi connectivity index (χ0) is 21.1. The summed E-state index contributed by atoms with van der Waals surface area (Å²) in [6.07, 6.45) is 0.747. The number of methoxy groups -OCH3 is 1. The summed E-state index contributed by atoms with van der Waals surface area (Å²) < 4.78 is 16.4. The molecule has 30 heavy (non-hydrogen) atoms. The lowest BCUT2D eigenvalue weighted by atomic mass is 10.1. The molecule has 0 spiro atoms. The molecule has 0 N–H and O–H groups in total. The van der Waals surface area contributed by atoms with Crippen LogP contribution < -0.4 is 9.47 Å². The zero-order valence-corrected chi connectivity index (χ0v) is 16.4. The van der Waals surface area contributed by atoms with Crippen LogP contribution in [-0.2, 0) is 20.9 Å². The summed E-state index contributed by atoms with van der Waals surface area (Å²) in [4.78, 5) is 29.8. The van der Waals surface area contributed by atoms with E-state index in [1.807, 2.05) is 0 Å². The third-order valence-corrected chi connectivity index (χ3v) is 4.93. The van der Waals surface area contributed by atoms with Gasteiger partial charge in [-0.15, -0.1) is 0 Å². The third kappa shape index (κ3) is 3.81. The number of benzene rings is 2. The molecule has 1 saturated heterocycles. The summed E-state index contributed by atoms with van der Waals surface area (Å²) in [6.45, 7) is 0.199. The van der Waals surface area contributed by atoms with E-state index >= 15 is 0 Å². The second kappa shape index (κ2) is 8.46. The first-order chi connectivity index (χ1) is 14.6. The van der Waals surface area contributed by atoms with Gasteiger partial charge in [-0.1, -0.05) is 30.3 Å². The molecular weight excluding hydrogens is 388 g/mol. The summed E-state index contributed by atoms with van der Waals surface area (Å²) in [5, 5.41) is 13.2. The molecule has 0 bridgehead atoms. The Bertz CT molecular complexity index is 1090. The summed E-state index contributed by atoms with van der Waals surface area (Å²) >= 11 is 0. The molecule has 0 aliphatic carbocycles. The Morgan fingerprint density at radius 2 is 2.03 bits per heavy atom. The van der Waals surface area contributed by atoms with Gasteiger partial charge in [0.1, 0.15) is 17.9 Å². The van der Waals surface area contributed by atoms with Crippen molar-refractivity contribution in [2.45, 2.75) is 25.6 Å². The van der Waals surface area contributed by atoms with Crippen LogP contribution >= 0.6 is 0 Å². The van der Waals surface area contributed by atoms with E-state index in [-0.39, 0.29) is 23.5 Å². The maximum absolute atomic E-state index is 13.2. The van der Waals surface area contributed by atoms with Crippen LogP contribution in [0.2, 0.25) is 0 Å². The predicted molar refractivity (Wildman–Crippen MR) is 106 cm³/mol. The van der Waals surface area contributed by atoms with E-state index in [1.54, 1.807) is 42.5 Å². The van der Waals surface area contributed by atoms with Gasteiger partial charge in [0, 0.05) is 12.2 Å². The second-order valence-corrected chi connectivity index (χ2v) is 6.86. The van der Waals surface area contributed by atoms with Crippen molar-refractivity contribution in [2.75, 3.05) is 13.7 Å². The predicted octanol–water partition coefficient (Wildman–Crippen LogP) is 2.33. The highest BCUT2D eigenvalue weighted by atomic mass is 16.6. The van der Waals surface area contributed by atoms with E-state index in [0.717, 1.165) is 6.42 Å². The van der Waals surface area contributed by atoms with Gasteiger partial charge in [0.05, 0.1) is 13.2 Å². The van der Waals surface area contributed by atoms with Crippen molar-refractivity contribution >= 4 is 22.8 Å². The Kier molecular flexibility index (Phi) is 5.58. The second-order valence-electron chi connectivity index (χ2n) is 6.86. The highest BCUT2D eigenvalue weighted by Gasteiger charge is 2.30. The van der Waals surface area contributed by atoms with Crippen LogP contribution in [0.25, 0.3) is 11.0 Å². The average Bonchev–Trinajstić information content (AvgIpc) is 3.32. The number of carbonyl (C=O) groups is 2. The first-order valence-corrected chi connectivity index (χ1v) is 9.56. The van der Waals surface area contributed by atoms with Gasteiger partial charge in [-0.05, 0) is 25.0 Å². The van der Waals surface area contributed by atoms with Crippen molar-refractivity contribution in [3.8, 4) is 5.75 Å². The van der Waals surface area contributed by atoms with E-state index in [0.29, 0.717) is 34.6 Å². The van der Waals surface area contributed by atoms with Crippen LogP contribution in [0.5, 0.6) is 5.75 Å². The summed E-state index contributed by atoms with van der Waals surface area (Å²) in [5.74, 6) is -0.574. The number of carbonyl (C=O) groups excluding carboxylic acids is 2. The van der Waals surface area contributed by atoms with Crippen LogP contribution in [0.15, 0.2) is 48.5 Å². The van der Waals surface area contributed by atoms with E-state index < -0.39 is 17.9 Å². The van der Waals surface area contributed by atoms with Crippen molar-refractivity contribution in [3.05, 3.63) is 70.7 Å². The Morgan fingerprint density at radius 1 is 1.23 bits per heavy atom. The van der Waals surface area contributed by atoms with Crippen LogP contribution in [-0.4, -0.2) is 36.6 Å². The van der Waals surface area contributed by atoms with Crippen LogP contribution in [0.1, 0.15) is 34.6 Å². The Hall–Kier alpha value is -3.52. The minimum Gasteiger partial charge on any atom is -0.618 e. The lowest BCUT2D eigenvalue weighted by molar-refractivity contribution is -0.580. The van der Waals surface area contributed by atoms with Gasteiger partial charge in [-0.3, -0.25) is 4.79 Å². The standard InChI is InChI=1S/C22H20N2O6/c1-28-15-9-10-16-18(12-15)24(27)20(21(25)14-6-3-2-4-7-14)17(23-16)13-30-22(26)19-8-5-11-29-19/h2-4,6-7,9-10,12,19H,5,8,11,13H2,1H3/t19-/m0/s1. The maximum atomic E-state index is 13.2. The zero-order valence-electron chi connectivity index (χ0n) is 16.4. The van der Waals surface area contributed by atoms with Crippen LogP contribution in [0, 0.1) is 5.21 Å². The van der Waals surface area contributed by atoms with Crippen molar-refractivity contribution in [1.29, 1.82) is 0 Å². The molecule has 1 aromatic heterocycles. The maximum Gasteiger partial charge on any atom is 0.335 e. The van der Waals surface area contributed by atoms with Gasteiger partial charge in [0.2, 0.25) is 5.52 Å². The Labute approximate surface area is 172 Å². The number of fused-ring (bicyclic) bond motifs is 1. The molecule has 0 radical (unpaired) electrons. The Balaban J connectivity index is 1.76. The SMILES string of the molecule is COc1ccc2nc(COC(=O)[C@@H]3CCCO3)c(C(=O)c3ccccc3)[n+]([O-])c2c1. The van der Waals surface area contributed by atoms with Gasteiger partial charge >= 0.3 is 5.97 Å². The molecule has 8 nitrogen and oxygen atoms in total. The number of hydrogen-bond acceptors (Lipinski definition) is 7. The van der Waals surface area contributed by atoms with Crippen molar-refractivity contribution < 1.29 is 28.5 Å². The number of hydrogen-bond donors (Lipinski definition) is 0. The largest absolute Gasteiger partial charge is 0.618 e. The number of esters is 1. The van der Waals surface area contributed by atoms with Gasteiger partial charge in [0.15, 0.2) is 11.8 Å². The van der Waals surface area contributed by atoms with Crippen molar-refractivity contribution in [1.82, 2.24) is 4.98 Å². The van der Waals surface area contributed by atoms with Gasteiger partial charge in [-0.25, -0.2) is 9.78 Å². The minimum absolute atomic E-state index is 0.0860. The van der Waals surface area contributed by atoms with Crippen molar-refractivity contribution in [3.63, 3.8) is 0 Å². The number of rotatable bonds is 6. The molecular formula is C22H20N2O6. The fraction of sp³-hybridized carbons (Fsp3) is 0.273. The molecule has 1 fully saturated rings. The van der Waals surface area contributed by atoms with Gasteiger partial charge in [0.25, 0.3) is 11.5 Å². The van der Waals surface area contributed by atoms with Gasteiger partial charge < -0.3 is 19.4 Å². The number of nitrogens with zero attached hydrogens (tertiary/aromatic N) is 2. The first-order valence-electron chi connectivity index (χ1n) is 9.56. The average molecular weight is 408 g/mol. The molecule has 2 aromatic carbocycles. The normalized spacial score (nSPS) is 15.8. The van der Waals surface area contributed by atoms with Crippen molar-refractivity contribution in [2.24, 2.45) is 0 Å². The molecule has 1 aliphatic rings. The minimum atomic E-state index is -0.623. The fourth-order valence-electron chi connectivity index (χ4n) is 3.37. The van der Waals surface area contributed by atoms with E-state index in [1.165, 1.54) is 13.2 Å². The molecule has 1 atom stereocenters. The highest BCUT2D eigenvalue weighted by molar-refractivity contribution is 6.07. The quantitative estimate of drug-likeness (QED) is 0.267. The summed E-state index contributed by atoms with van der Waals surface area (Å²) in [7, 11) is 1.48. The molecule has 1 aliphatic heterocycles. The number of ether oxygens (including phenoxy) is 3. The van der Waals surface area contributed by atoms with E-state index in [2.05, 4.69) is 4.98 Å². The topological polar surface area (TPSA) is 102 Å². The molecule has 2 heterocycles. The Morgan fingerprint density at radius 3 is 2.73 bits per heavy atom. The number of aromatic nitrogens is 2. The smallest absolute Gasteiger partial charge is 0.335 e.